The molecule has 0 aliphatic heterocycles. The van der Waals surface area contributed by atoms with E-state index < -0.39 is 0 Å². The van der Waals surface area contributed by atoms with Crippen LogP contribution in [0, 0.1) is 11.3 Å². The predicted molar refractivity (Wildman–Crippen MR) is 61.7 cm³/mol. The summed E-state index contributed by atoms with van der Waals surface area (Å²) in [6.07, 6.45) is 0.295. The molecule has 17 heavy (non-hydrogen) atoms. The standard InChI is InChI=1S/C10H11N7/c11-4-3-7-5-8(1-2-9(7)12)13-6-10-14-16-17-15-10/h1-2,5,13H,3,6,12H2,(H,14,15,16,17). The molecular formula is C10H11N7. The molecule has 1 aromatic carbocycles. The third-order valence-corrected chi connectivity index (χ3v) is 2.25. The van der Waals surface area contributed by atoms with E-state index in [1.165, 1.54) is 0 Å². The zero-order chi connectivity index (χ0) is 12.1. The molecule has 86 valence electrons. The van der Waals surface area contributed by atoms with Crippen LogP contribution in [-0.4, -0.2) is 20.6 Å². The van der Waals surface area contributed by atoms with Crippen LogP contribution in [0.25, 0.3) is 0 Å². The fourth-order valence-electron chi connectivity index (χ4n) is 1.39. The number of rotatable bonds is 4. The van der Waals surface area contributed by atoms with Gasteiger partial charge in [0.2, 0.25) is 0 Å². The molecule has 0 bridgehead atoms. The topological polar surface area (TPSA) is 116 Å². The lowest BCUT2D eigenvalue weighted by atomic mass is 10.1. The number of nitrogens with two attached hydrogens (primary N) is 1. The van der Waals surface area contributed by atoms with E-state index in [1.807, 2.05) is 12.1 Å². The molecule has 0 aliphatic carbocycles. The Kier molecular flexibility index (Phi) is 3.16. The number of tetrazole rings is 1. The maximum atomic E-state index is 8.66. The van der Waals surface area contributed by atoms with Gasteiger partial charge in [0.1, 0.15) is 0 Å². The summed E-state index contributed by atoms with van der Waals surface area (Å²) in [5.74, 6) is 0.573. The molecular weight excluding hydrogens is 218 g/mol. The Balaban J connectivity index is 2.06. The second-order valence-corrected chi connectivity index (χ2v) is 3.43. The number of hydrogen-bond acceptors (Lipinski definition) is 6. The summed E-state index contributed by atoms with van der Waals surface area (Å²) in [6, 6.07) is 7.53. The Hall–Kier alpha value is -2.62. The summed E-state index contributed by atoms with van der Waals surface area (Å²) in [5.41, 5.74) is 8.05. The van der Waals surface area contributed by atoms with Gasteiger partial charge in [-0.1, -0.05) is 5.21 Å². The number of nitriles is 1. The highest BCUT2D eigenvalue weighted by Crippen LogP contribution is 2.18. The van der Waals surface area contributed by atoms with Crippen LogP contribution >= 0.6 is 0 Å². The zero-order valence-electron chi connectivity index (χ0n) is 9.01. The maximum Gasteiger partial charge on any atom is 0.193 e. The first-order chi connectivity index (χ1) is 8.29. The van der Waals surface area contributed by atoms with Gasteiger partial charge in [-0.15, -0.1) is 10.2 Å². The second kappa shape index (κ2) is 4.94. The first-order valence-electron chi connectivity index (χ1n) is 5.01. The Labute approximate surface area is 97.6 Å². The van der Waals surface area contributed by atoms with Crippen molar-refractivity contribution in [2.45, 2.75) is 13.0 Å². The largest absolute Gasteiger partial charge is 0.398 e. The molecule has 0 aliphatic rings. The Morgan fingerprint density at radius 1 is 1.47 bits per heavy atom. The highest BCUT2D eigenvalue weighted by atomic mass is 15.5. The highest BCUT2D eigenvalue weighted by Gasteiger charge is 2.02. The quantitative estimate of drug-likeness (QED) is 0.656. The van der Waals surface area contributed by atoms with Crippen LogP contribution in [0.15, 0.2) is 18.2 Å². The van der Waals surface area contributed by atoms with E-state index in [0.29, 0.717) is 24.5 Å². The van der Waals surface area contributed by atoms with Crippen molar-refractivity contribution in [2.24, 2.45) is 0 Å². The first-order valence-corrected chi connectivity index (χ1v) is 5.01. The lowest BCUT2D eigenvalue weighted by Crippen LogP contribution is -2.03. The first kappa shape index (κ1) is 10.9. The average molecular weight is 229 g/mol. The summed E-state index contributed by atoms with van der Waals surface area (Å²) in [6.45, 7) is 0.465. The number of hydrogen-bond donors (Lipinski definition) is 3. The Morgan fingerprint density at radius 2 is 2.35 bits per heavy atom. The van der Waals surface area contributed by atoms with Gasteiger partial charge >= 0.3 is 0 Å². The second-order valence-electron chi connectivity index (χ2n) is 3.43. The van der Waals surface area contributed by atoms with Gasteiger partial charge < -0.3 is 11.1 Å². The molecule has 0 spiro atoms. The van der Waals surface area contributed by atoms with Crippen LogP contribution < -0.4 is 11.1 Å². The van der Waals surface area contributed by atoms with Crippen molar-refractivity contribution in [3.8, 4) is 6.07 Å². The molecule has 1 heterocycles. The molecule has 0 amide bonds. The van der Waals surface area contributed by atoms with Crippen molar-refractivity contribution < 1.29 is 0 Å². The third-order valence-electron chi connectivity index (χ3n) is 2.25. The van der Waals surface area contributed by atoms with E-state index in [1.54, 1.807) is 6.07 Å². The average Bonchev–Trinajstić information content (AvgIpc) is 2.83. The number of aromatic nitrogens is 4. The summed E-state index contributed by atoms with van der Waals surface area (Å²) in [4.78, 5) is 0. The third kappa shape index (κ3) is 2.69. The van der Waals surface area contributed by atoms with Crippen LogP contribution in [0.3, 0.4) is 0 Å². The van der Waals surface area contributed by atoms with E-state index in [0.717, 1.165) is 11.3 Å². The van der Waals surface area contributed by atoms with E-state index in [-0.39, 0.29) is 0 Å². The van der Waals surface area contributed by atoms with Gasteiger partial charge in [0.25, 0.3) is 0 Å². The van der Waals surface area contributed by atoms with E-state index in [2.05, 4.69) is 32.0 Å². The molecule has 0 saturated carbocycles. The minimum atomic E-state index is 0.295. The van der Waals surface area contributed by atoms with E-state index in [4.69, 9.17) is 11.0 Å². The molecule has 7 nitrogen and oxygen atoms in total. The van der Waals surface area contributed by atoms with Crippen LogP contribution in [0.1, 0.15) is 11.4 Å². The minimum absolute atomic E-state index is 0.295. The highest BCUT2D eigenvalue weighted by molar-refractivity contribution is 5.57. The molecule has 0 saturated heterocycles. The van der Waals surface area contributed by atoms with Crippen LogP contribution in [-0.2, 0) is 13.0 Å². The van der Waals surface area contributed by atoms with Gasteiger partial charge in [-0.25, -0.2) is 0 Å². The van der Waals surface area contributed by atoms with Gasteiger partial charge in [0, 0.05) is 11.4 Å². The van der Waals surface area contributed by atoms with Crippen LogP contribution in [0.2, 0.25) is 0 Å². The molecule has 7 heteroatoms. The fraction of sp³-hybridized carbons (Fsp3) is 0.200. The number of H-pyrrole nitrogens is 1. The number of nitrogens with zero attached hydrogens (tertiary/aromatic N) is 4. The molecule has 0 unspecified atom stereocenters. The van der Waals surface area contributed by atoms with Crippen LogP contribution in [0.5, 0.6) is 0 Å². The monoisotopic (exact) mass is 229 g/mol. The van der Waals surface area contributed by atoms with Gasteiger partial charge in [-0.05, 0) is 23.8 Å². The fourth-order valence-corrected chi connectivity index (χ4v) is 1.39. The summed E-state index contributed by atoms with van der Waals surface area (Å²) >= 11 is 0. The van der Waals surface area contributed by atoms with Crippen molar-refractivity contribution in [1.29, 1.82) is 5.26 Å². The van der Waals surface area contributed by atoms with Crippen LogP contribution in [0.4, 0.5) is 11.4 Å². The van der Waals surface area contributed by atoms with Gasteiger partial charge in [-0.3, -0.25) is 0 Å². The SMILES string of the molecule is N#CCc1cc(NCc2nn[nH]n2)ccc1N. The van der Waals surface area contributed by atoms with Crippen molar-refractivity contribution in [1.82, 2.24) is 20.6 Å². The molecule has 2 aromatic rings. The number of aromatic amines is 1. The molecule has 1 aromatic heterocycles. The normalized spacial score (nSPS) is 9.82. The van der Waals surface area contributed by atoms with Crippen molar-refractivity contribution in [3.63, 3.8) is 0 Å². The Morgan fingerprint density at radius 3 is 3.06 bits per heavy atom. The minimum Gasteiger partial charge on any atom is -0.398 e. The Bertz CT molecular complexity index is 526. The molecule has 0 atom stereocenters. The van der Waals surface area contributed by atoms with E-state index >= 15 is 0 Å². The van der Waals surface area contributed by atoms with Crippen molar-refractivity contribution >= 4 is 11.4 Å². The number of anilines is 2. The van der Waals surface area contributed by atoms with Gasteiger partial charge in [0.15, 0.2) is 5.82 Å². The lowest BCUT2D eigenvalue weighted by Gasteiger charge is -2.07. The summed E-state index contributed by atoms with van der Waals surface area (Å²) in [5, 5.41) is 25.3. The number of nitrogen functional groups attached to an aromatic ring is 1. The van der Waals surface area contributed by atoms with Gasteiger partial charge in [-0.2, -0.15) is 10.5 Å². The molecule has 2 rings (SSSR count). The van der Waals surface area contributed by atoms with Gasteiger partial charge in [0.05, 0.1) is 19.0 Å². The molecule has 4 N–H and O–H groups in total. The lowest BCUT2D eigenvalue weighted by molar-refractivity contribution is 0.881. The maximum absolute atomic E-state index is 8.66. The van der Waals surface area contributed by atoms with E-state index in [9.17, 15) is 0 Å². The molecule has 0 fully saturated rings. The number of nitrogens with one attached hydrogen (secondary N) is 2. The zero-order valence-corrected chi connectivity index (χ0v) is 9.01. The smallest absolute Gasteiger partial charge is 0.193 e. The summed E-state index contributed by atoms with van der Waals surface area (Å²) < 4.78 is 0. The van der Waals surface area contributed by atoms with Crippen molar-refractivity contribution in [3.05, 3.63) is 29.6 Å². The molecule has 0 radical (unpaired) electrons. The summed E-state index contributed by atoms with van der Waals surface area (Å²) in [7, 11) is 0. The predicted octanol–water partition coefficient (Wildman–Crippen LogP) is 0.460. The van der Waals surface area contributed by atoms with Crippen molar-refractivity contribution in [2.75, 3.05) is 11.1 Å². The number of benzene rings is 1.